The van der Waals surface area contributed by atoms with E-state index in [-0.39, 0.29) is 0 Å². The van der Waals surface area contributed by atoms with Crippen molar-refractivity contribution in [2.45, 2.75) is 32.9 Å². The zero-order valence-corrected chi connectivity index (χ0v) is 8.83. The van der Waals surface area contributed by atoms with Crippen molar-refractivity contribution in [3.05, 3.63) is 0 Å². The maximum atomic E-state index is 5.41. The van der Waals surface area contributed by atoms with Gasteiger partial charge in [0.2, 0.25) is 0 Å². The first-order chi connectivity index (χ1) is 6.38. The summed E-state index contributed by atoms with van der Waals surface area (Å²) in [7, 11) is 0. The molecule has 1 aliphatic heterocycles. The van der Waals surface area contributed by atoms with E-state index in [1.54, 1.807) is 0 Å². The average Bonchev–Trinajstić information content (AvgIpc) is 2.21. The van der Waals surface area contributed by atoms with E-state index >= 15 is 0 Å². The first kappa shape index (κ1) is 11.0. The SMILES string of the molecule is CCCCN(CC)C1COCC[N]1. The number of rotatable bonds is 5. The Bertz CT molecular complexity index is 124. The standard InChI is InChI=1S/C10H21N2O/c1-3-5-7-12(4-2)10-9-13-8-6-11-10/h10H,3-9H2,1-2H3. The number of morpholine rings is 1. The van der Waals surface area contributed by atoms with Gasteiger partial charge in [-0.2, -0.15) is 0 Å². The minimum absolute atomic E-state index is 0.324. The molecule has 1 heterocycles. The molecule has 1 atom stereocenters. The Morgan fingerprint density at radius 1 is 1.46 bits per heavy atom. The molecule has 3 heteroatoms. The number of unbranched alkanes of at least 4 members (excludes halogenated alkanes) is 1. The van der Waals surface area contributed by atoms with Crippen LogP contribution in [0.3, 0.4) is 0 Å². The predicted octanol–water partition coefficient (Wildman–Crippen LogP) is 1.07. The van der Waals surface area contributed by atoms with Gasteiger partial charge in [0, 0.05) is 6.54 Å². The molecule has 3 nitrogen and oxygen atoms in total. The van der Waals surface area contributed by atoms with Crippen LogP contribution in [0.5, 0.6) is 0 Å². The normalized spacial score (nSPS) is 23.8. The molecule has 0 aliphatic carbocycles. The van der Waals surface area contributed by atoms with Crippen molar-refractivity contribution in [2.75, 3.05) is 32.8 Å². The van der Waals surface area contributed by atoms with Crippen LogP contribution in [0.15, 0.2) is 0 Å². The molecule has 1 aliphatic rings. The highest BCUT2D eigenvalue weighted by atomic mass is 16.5. The third kappa shape index (κ3) is 3.63. The van der Waals surface area contributed by atoms with E-state index in [4.69, 9.17) is 4.74 Å². The van der Waals surface area contributed by atoms with E-state index in [2.05, 4.69) is 24.1 Å². The van der Waals surface area contributed by atoms with Gasteiger partial charge in [-0.3, -0.25) is 4.90 Å². The Labute approximate surface area is 81.4 Å². The smallest absolute Gasteiger partial charge is 0.0998 e. The molecule has 1 saturated heterocycles. The van der Waals surface area contributed by atoms with E-state index < -0.39 is 0 Å². The molecule has 0 spiro atoms. The second kappa shape index (κ2) is 6.35. The lowest BCUT2D eigenvalue weighted by Gasteiger charge is -2.32. The van der Waals surface area contributed by atoms with Crippen molar-refractivity contribution in [3.8, 4) is 0 Å². The lowest BCUT2D eigenvalue weighted by molar-refractivity contribution is 0.00791. The molecule has 0 amide bonds. The molecule has 0 aromatic carbocycles. The summed E-state index contributed by atoms with van der Waals surface area (Å²) in [6.07, 6.45) is 2.84. The number of hydrogen-bond acceptors (Lipinski definition) is 2. The maximum Gasteiger partial charge on any atom is 0.0998 e. The van der Waals surface area contributed by atoms with Gasteiger partial charge in [0.1, 0.15) is 0 Å². The van der Waals surface area contributed by atoms with Gasteiger partial charge in [0.15, 0.2) is 0 Å². The van der Waals surface area contributed by atoms with E-state index in [0.29, 0.717) is 6.17 Å². The summed E-state index contributed by atoms with van der Waals surface area (Å²) >= 11 is 0. The number of hydrogen-bond donors (Lipinski definition) is 0. The van der Waals surface area contributed by atoms with Crippen LogP contribution in [-0.4, -0.2) is 43.9 Å². The lowest BCUT2D eigenvalue weighted by Crippen LogP contribution is -2.49. The number of ether oxygens (including phenoxy) is 1. The zero-order valence-electron chi connectivity index (χ0n) is 8.83. The Morgan fingerprint density at radius 3 is 2.85 bits per heavy atom. The molecule has 0 N–H and O–H groups in total. The largest absolute Gasteiger partial charge is 0.377 e. The Hall–Kier alpha value is -0.120. The topological polar surface area (TPSA) is 26.6 Å². The summed E-state index contributed by atoms with van der Waals surface area (Å²) in [5, 5.41) is 4.55. The minimum atomic E-state index is 0.324. The third-order valence-electron chi connectivity index (χ3n) is 2.47. The van der Waals surface area contributed by atoms with Gasteiger partial charge in [-0.25, -0.2) is 5.32 Å². The highest BCUT2D eigenvalue weighted by Gasteiger charge is 2.19. The maximum absolute atomic E-state index is 5.41. The van der Waals surface area contributed by atoms with Crippen molar-refractivity contribution in [3.63, 3.8) is 0 Å². The van der Waals surface area contributed by atoms with Crippen LogP contribution in [0.4, 0.5) is 0 Å². The molecule has 1 fully saturated rings. The van der Waals surface area contributed by atoms with Crippen LogP contribution in [0.1, 0.15) is 26.7 Å². The van der Waals surface area contributed by atoms with Crippen molar-refractivity contribution in [2.24, 2.45) is 0 Å². The summed E-state index contributed by atoms with van der Waals surface area (Å²) in [5.41, 5.74) is 0. The molecule has 0 aromatic heterocycles. The van der Waals surface area contributed by atoms with Crippen molar-refractivity contribution in [1.82, 2.24) is 10.2 Å². The van der Waals surface area contributed by atoms with Gasteiger partial charge in [0.05, 0.1) is 19.4 Å². The molecule has 1 unspecified atom stereocenters. The van der Waals surface area contributed by atoms with Crippen LogP contribution >= 0.6 is 0 Å². The Kier molecular flexibility index (Phi) is 5.35. The van der Waals surface area contributed by atoms with Crippen molar-refractivity contribution >= 4 is 0 Å². The summed E-state index contributed by atoms with van der Waals surface area (Å²) in [6, 6.07) is 0. The molecule has 0 saturated carbocycles. The molecule has 13 heavy (non-hydrogen) atoms. The fourth-order valence-electron chi connectivity index (χ4n) is 1.61. The minimum Gasteiger partial charge on any atom is -0.377 e. The molecule has 0 bridgehead atoms. The van der Waals surface area contributed by atoms with Crippen LogP contribution in [0.25, 0.3) is 0 Å². The molecular formula is C10H21N2O. The van der Waals surface area contributed by atoms with Crippen LogP contribution in [-0.2, 0) is 4.74 Å². The molecule has 1 rings (SSSR count). The Balaban J connectivity index is 2.26. The summed E-state index contributed by atoms with van der Waals surface area (Å²) in [4.78, 5) is 2.41. The van der Waals surface area contributed by atoms with Gasteiger partial charge in [-0.15, -0.1) is 0 Å². The van der Waals surface area contributed by atoms with Crippen molar-refractivity contribution in [1.29, 1.82) is 0 Å². The van der Waals surface area contributed by atoms with E-state index in [9.17, 15) is 0 Å². The molecule has 1 radical (unpaired) electrons. The van der Waals surface area contributed by atoms with Crippen LogP contribution < -0.4 is 5.32 Å². The highest BCUT2D eigenvalue weighted by molar-refractivity contribution is 4.70. The molecule has 0 aromatic rings. The predicted molar refractivity (Wildman–Crippen MR) is 53.8 cm³/mol. The first-order valence-corrected chi connectivity index (χ1v) is 5.36. The average molecular weight is 185 g/mol. The van der Waals surface area contributed by atoms with Crippen LogP contribution in [0, 0.1) is 0 Å². The molecular weight excluding hydrogens is 164 g/mol. The zero-order chi connectivity index (χ0) is 9.52. The lowest BCUT2D eigenvalue weighted by atomic mass is 10.3. The summed E-state index contributed by atoms with van der Waals surface area (Å²) in [5.74, 6) is 0. The van der Waals surface area contributed by atoms with Gasteiger partial charge >= 0.3 is 0 Å². The van der Waals surface area contributed by atoms with Crippen molar-refractivity contribution < 1.29 is 4.74 Å². The Morgan fingerprint density at radius 2 is 2.31 bits per heavy atom. The number of nitrogens with zero attached hydrogens (tertiary/aromatic N) is 2. The fourth-order valence-corrected chi connectivity index (χ4v) is 1.61. The van der Waals surface area contributed by atoms with E-state index in [0.717, 1.165) is 32.8 Å². The van der Waals surface area contributed by atoms with E-state index in [1.807, 2.05) is 0 Å². The fraction of sp³-hybridized carbons (Fsp3) is 1.00. The van der Waals surface area contributed by atoms with E-state index in [1.165, 1.54) is 12.8 Å². The summed E-state index contributed by atoms with van der Waals surface area (Å²) < 4.78 is 5.41. The van der Waals surface area contributed by atoms with Crippen LogP contribution in [0.2, 0.25) is 0 Å². The monoisotopic (exact) mass is 185 g/mol. The number of likely N-dealkylation sites (N-methyl/N-ethyl adjacent to an activating group) is 1. The van der Waals surface area contributed by atoms with Gasteiger partial charge in [-0.05, 0) is 19.5 Å². The second-order valence-electron chi connectivity index (χ2n) is 3.44. The third-order valence-corrected chi connectivity index (χ3v) is 2.47. The quantitative estimate of drug-likeness (QED) is 0.640. The van der Waals surface area contributed by atoms with Gasteiger partial charge < -0.3 is 4.74 Å². The van der Waals surface area contributed by atoms with Gasteiger partial charge in [0.25, 0.3) is 0 Å². The first-order valence-electron chi connectivity index (χ1n) is 5.36. The van der Waals surface area contributed by atoms with Gasteiger partial charge in [-0.1, -0.05) is 20.3 Å². The molecule has 77 valence electrons. The summed E-state index contributed by atoms with van der Waals surface area (Å²) in [6.45, 7) is 9.12. The highest BCUT2D eigenvalue weighted by Crippen LogP contribution is 2.04. The second-order valence-corrected chi connectivity index (χ2v) is 3.44.